The van der Waals surface area contributed by atoms with Gasteiger partial charge in [-0.1, -0.05) is 48.5 Å². The van der Waals surface area contributed by atoms with E-state index in [9.17, 15) is 9.90 Å². The smallest absolute Gasteiger partial charge is 0.241 e. The molecule has 0 saturated carbocycles. The number of nitrogens with zero attached hydrogens (tertiary/aromatic N) is 1. The lowest BCUT2D eigenvalue weighted by molar-refractivity contribution is -0.120. The molecule has 1 saturated heterocycles. The molecular weight excluding hydrogens is 288 g/mol. The van der Waals surface area contributed by atoms with Crippen LogP contribution in [0.4, 0.5) is 5.69 Å². The van der Waals surface area contributed by atoms with E-state index in [4.69, 9.17) is 0 Å². The lowest BCUT2D eigenvalue weighted by Crippen LogP contribution is -2.41. The Kier molecular flexibility index (Phi) is 4.74. The summed E-state index contributed by atoms with van der Waals surface area (Å²) in [6.07, 6.45) is 0.417. The van der Waals surface area contributed by atoms with Gasteiger partial charge in [-0.3, -0.25) is 9.69 Å². The highest BCUT2D eigenvalue weighted by Crippen LogP contribution is 2.28. The summed E-state index contributed by atoms with van der Waals surface area (Å²) in [7, 11) is 0. The molecule has 0 aliphatic carbocycles. The molecule has 1 heterocycles. The fourth-order valence-electron chi connectivity index (χ4n) is 2.98. The molecule has 2 aromatic carbocycles. The first-order valence-electron chi connectivity index (χ1n) is 8.02. The minimum atomic E-state index is -0.318. The van der Waals surface area contributed by atoms with Gasteiger partial charge >= 0.3 is 0 Å². The van der Waals surface area contributed by atoms with Crippen LogP contribution in [-0.2, 0) is 4.79 Å². The lowest BCUT2D eigenvalue weighted by Gasteiger charge is -2.23. The highest BCUT2D eigenvalue weighted by molar-refractivity contribution is 5.98. The SMILES string of the molecule is CC(C(=O)Nc1ccccc1-c1ccccc1)N1CC[C@H](O)C1. The van der Waals surface area contributed by atoms with Crippen molar-refractivity contribution in [3.63, 3.8) is 0 Å². The first kappa shape index (κ1) is 15.7. The predicted molar refractivity (Wildman–Crippen MR) is 92.2 cm³/mol. The van der Waals surface area contributed by atoms with E-state index in [0.717, 1.165) is 29.8 Å². The van der Waals surface area contributed by atoms with E-state index >= 15 is 0 Å². The third kappa shape index (κ3) is 3.60. The quantitative estimate of drug-likeness (QED) is 0.913. The zero-order valence-electron chi connectivity index (χ0n) is 13.3. The van der Waals surface area contributed by atoms with Crippen LogP contribution in [0.5, 0.6) is 0 Å². The summed E-state index contributed by atoms with van der Waals surface area (Å²) in [6.45, 7) is 3.21. The van der Waals surface area contributed by atoms with Crippen LogP contribution < -0.4 is 5.32 Å². The molecule has 3 rings (SSSR count). The van der Waals surface area contributed by atoms with Crippen LogP contribution >= 0.6 is 0 Å². The fourth-order valence-corrected chi connectivity index (χ4v) is 2.98. The molecule has 1 aliphatic rings. The van der Waals surface area contributed by atoms with Crippen LogP contribution in [0.15, 0.2) is 54.6 Å². The van der Waals surface area contributed by atoms with E-state index in [-0.39, 0.29) is 18.1 Å². The molecule has 1 amide bonds. The standard InChI is InChI=1S/C19H22N2O2/c1-14(21-12-11-16(22)13-21)19(23)20-18-10-6-5-9-17(18)15-7-3-2-4-8-15/h2-10,14,16,22H,11-13H2,1H3,(H,20,23)/t14?,16-/m0/s1. The summed E-state index contributed by atoms with van der Waals surface area (Å²) < 4.78 is 0. The summed E-state index contributed by atoms with van der Waals surface area (Å²) in [5, 5.41) is 12.7. The molecular formula is C19H22N2O2. The van der Waals surface area contributed by atoms with E-state index in [1.807, 2.05) is 66.4 Å². The number of aliphatic hydroxyl groups excluding tert-OH is 1. The van der Waals surface area contributed by atoms with Crippen LogP contribution in [0.3, 0.4) is 0 Å². The molecule has 0 aromatic heterocycles. The van der Waals surface area contributed by atoms with Crippen LogP contribution in [-0.4, -0.2) is 41.1 Å². The number of carbonyl (C=O) groups excluding carboxylic acids is 1. The first-order valence-corrected chi connectivity index (χ1v) is 8.02. The second kappa shape index (κ2) is 6.94. The van der Waals surface area contributed by atoms with E-state index in [2.05, 4.69) is 5.32 Å². The van der Waals surface area contributed by atoms with Crippen LogP contribution in [0.1, 0.15) is 13.3 Å². The molecule has 23 heavy (non-hydrogen) atoms. The van der Waals surface area contributed by atoms with E-state index in [1.165, 1.54) is 0 Å². The van der Waals surface area contributed by atoms with Gasteiger partial charge in [-0.25, -0.2) is 0 Å². The van der Waals surface area contributed by atoms with E-state index in [1.54, 1.807) is 0 Å². The third-order valence-corrected chi connectivity index (χ3v) is 4.39. The second-order valence-corrected chi connectivity index (χ2v) is 6.01. The van der Waals surface area contributed by atoms with Gasteiger partial charge in [-0.2, -0.15) is 0 Å². The third-order valence-electron chi connectivity index (χ3n) is 4.39. The number of para-hydroxylation sites is 1. The van der Waals surface area contributed by atoms with Crippen LogP contribution in [0.2, 0.25) is 0 Å². The summed E-state index contributed by atoms with van der Waals surface area (Å²) in [5.74, 6) is -0.0394. The highest BCUT2D eigenvalue weighted by Gasteiger charge is 2.28. The Morgan fingerprint density at radius 2 is 1.87 bits per heavy atom. The Morgan fingerprint density at radius 1 is 1.17 bits per heavy atom. The van der Waals surface area contributed by atoms with Crippen molar-refractivity contribution in [3.8, 4) is 11.1 Å². The zero-order chi connectivity index (χ0) is 16.2. The van der Waals surface area contributed by atoms with Gasteiger partial charge in [0.05, 0.1) is 12.1 Å². The Morgan fingerprint density at radius 3 is 2.57 bits per heavy atom. The van der Waals surface area contributed by atoms with Crippen molar-refractivity contribution in [3.05, 3.63) is 54.6 Å². The number of hydrogen-bond donors (Lipinski definition) is 2. The molecule has 0 spiro atoms. The van der Waals surface area contributed by atoms with Gasteiger partial charge in [0.1, 0.15) is 0 Å². The number of carbonyl (C=O) groups is 1. The molecule has 120 valence electrons. The van der Waals surface area contributed by atoms with Crippen LogP contribution in [0, 0.1) is 0 Å². The van der Waals surface area contributed by atoms with Crippen molar-refractivity contribution >= 4 is 11.6 Å². The molecule has 4 nitrogen and oxygen atoms in total. The van der Waals surface area contributed by atoms with Gasteiger partial charge in [0.15, 0.2) is 0 Å². The van der Waals surface area contributed by atoms with Crippen molar-refractivity contribution in [1.82, 2.24) is 4.90 Å². The number of amides is 1. The lowest BCUT2D eigenvalue weighted by atomic mass is 10.0. The number of rotatable bonds is 4. The van der Waals surface area contributed by atoms with E-state index in [0.29, 0.717) is 6.54 Å². The maximum Gasteiger partial charge on any atom is 0.241 e. The largest absolute Gasteiger partial charge is 0.392 e. The number of anilines is 1. The van der Waals surface area contributed by atoms with Gasteiger partial charge in [0, 0.05) is 24.3 Å². The molecule has 2 N–H and O–H groups in total. The number of β-amino-alcohol motifs (C(OH)–C–C–N with tert-alkyl or cyclic N) is 1. The average Bonchev–Trinajstić information content (AvgIpc) is 3.02. The van der Waals surface area contributed by atoms with Gasteiger partial charge in [0.25, 0.3) is 0 Å². The molecule has 2 atom stereocenters. The average molecular weight is 310 g/mol. The summed E-state index contributed by atoms with van der Waals surface area (Å²) in [5.41, 5.74) is 2.90. The Balaban J connectivity index is 1.77. The minimum absolute atomic E-state index is 0.0394. The van der Waals surface area contributed by atoms with Gasteiger partial charge < -0.3 is 10.4 Å². The predicted octanol–water partition coefficient (Wildman–Crippen LogP) is 2.75. The van der Waals surface area contributed by atoms with E-state index < -0.39 is 0 Å². The number of likely N-dealkylation sites (tertiary alicyclic amines) is 1. The summed E-state index contributed by atoms with van der Waals surface area (Å²) in [4.78, 5) is 14.6. The molecule has 0 radical (unpaired) electrons. The van der Waals surface area contributed by atoms with Crippen molar-refractivity contribution in [2.45, 2.75) is 25.5 Å². The number of aliphatic hydroxyl groups is 1. The highest BCUT2D eigenvalue weighted by atomic mass is 16.3. The van der Waals surface area contributed by atoms with Crippen molar-refractivity contribution in [2.75, 3.05) is 18.4 Å². The minimum Gasteiger partial charge on any atom is -0.392 e. The Hall–Kier alpha value is -2.17. The number of hydrogen-bond acceptors (Lipinski definition) is 3. The molecule has 4 heteroatoms. The van der Waals surface area contributed by atoms with Gasteiger partial charge in [0.2, 0.25) is 5.91 Å². The van der Waals surface area contributed by atoms with Gasteiger partial charge in [-0.05, 0) is 25.0 Å². The zero-order valence-corrected chi connectivity index (χ0v) is 13.3. The van der Waals surface area contributed by atoms with Crippen molar-refractivity contribution in [1.29, 1.82) is 0 Å². The number of benzene rings is 2. The molecule has 1 fully saturated rings. The van der Waals surface area contributed by atoms with Crippen molar-refractivity contribution < 1.29 is 9.90 Å². The van der Waals surface area contributed by atoms with Crippen LogP contribution in [0.25, 0.3) is 11.1 Å². The fraction of sp³-hybridized carbons (Fsp3) is 0.316. The molecule has 0 bridgehead atoms. The molecule has 1 unspecified atom stereocenters. The monoisotopic (exact) mass is 310 g/mol. The summed E-state index contributed by atoms with van der Waals surface area (Å²) >= 11 is 0. The first-order chi connectivity index (χ1) is 11.1. The maximum absolute atomic E-state index is 12.6. The Bertz CT molecular complexity index is 672. The van der Waals surface area contributed by atoms with Gasteiger partial charge in [-0.15, -0.1) is 0 Å². The molecule has 2 aromatic rings. The number of nitrogens with one attached hydrogen (secondary N) is 1. The Labute approximate surface area is 136 Å². The second-order valence-electron chi connectivity index (χ2n) is 6.01. The molecule has 1 aliphatic heterocycles. The maximum atomic E-state index is 12.6. The summed E-state index contributed by atoms with van der Waals surface area (Å²) in [6, 6.07) is 17.6. The topological polar surface area (TPSA) is 52.6 Å². The van der Waals surface area contributed by atoms with Crippen molar-refractivity contribution in [2.24, 2.45) is 0 Å². The normalized spacial score (nSPS) is 19.5.